The standard InChI is InChI=1S/C13H20N6OS/c1-3-5-20-13-17-11(16-12(18-13)19-14)15-9(2)7-10-4-6-21-8-10/h4,6,8-9H,3,5,7,14H2,1-2H3,(H2,15,16,17,18,19). The number of nitrogens with one attached hydrogen (secondary N) is 2. The van der Waals surface area contributed by atoms with E-state index in [-0.39, 0.29) is 18.0 Å². The molecule has 0 saturated carbocycles. The zero-order chi connectivity index (χ0) is 15.1. The molecule has 0 saturated heterocycles. The molecule has 2 aromatic heterocycles. The van der Waals surface area contributed by atoms with Gasteiger partial charge in [-0.15, -0.1) is 0 Å². The van der Waals surface area contributed by atoms with E-state index in [1.807, 2.05) is 6.92 Å². The van der Waals surface area contributed by atoms with E-state index in [0.717, 1.165) is 12.8 Å². The van der Waals surface area contributed by atoms with Gasteiger partial charge in [0.25, 0.3) is 0 Å². The van der Waals surface area contributed by atoms with Crippen molar-refractivity contribution in [2.75, 3.05) is 17.3 Å². The lowest BCUT2D eigenvalue weighted by Gasteiger charge is -2.14. The van der Waals surface area contributed by atoms with Crippen LogP contribution < -0.4 is 21.3 Å². The van der Waals surface area contributed by atoms with Crippen molar-refractivity contribution < 1.29 is 4.74 Å². The van der Waals surface area contributed by atoms with Crippen molar-refractivity contribution >= 4 is 23.2 Å². The van der Waals surface area contributed by atoms with Crippen LogP contribution in [0, 0.1) is 0 Å². The first kappa shape index (κ1) is 15.5. The smallest absolute Gasteiger partial charge is 0.323 e. The fourth-order valence-electron chi connectivity index (χ4n) is 1.78. The summed E-state index contributed by atoms with van der Waals surface area (Å²) in [6, 6.07) is 2.57. The van der Waals surface area contributed by atoms with Crippen LogP contribution in [0.25, 0.3) is 0 Å². The summed E-state index contributed by atoms with van der Waals surface area (Å²) in [5.74, 6) is 6.10. The van der Waals surface area contributed by atoms with Gasteiger partial charge in [0.1, 0.15) is 0 Å². The normalized spacial score (nSPS) is 12.0. The number of aromatic nitrogens is 3. The predicted octanol–water partition coefficient (Wildman–Crippen LogP) is 2.05. The fraction of sp³-hybridized carbons (Fsp3) is 0.462. The molecular weight excluding hydrogens is 288 g/mol. The van der Waals surface area contributed by atoms with Gasteiger partial charge in [0, 0.05) is 6.04 Å². The maximum atomic E-state index is 5.43. The number of nitrogens with two attached hydrogens (primary N) is 1. The molecule has 0 aliphatic rings. The molecule has 114 valence electrons. The van der Waals surface area contributed by atoms with E-state index in [1.165, 1.54) is 5.56 Å². The molecule has 21 heavy (non-hydrogen) atoms. The topological polar surface area (TPSA) is 98.0 Å². The van der Waals surface area contributed by atoms with E-state index < -0.39 is 0 Å². The molecule has 4 N–H and O–H groups in total. The highest BCUT2D eigenvalue weighted by Gasteiger charge is 2.10. The maximum Gasteiger partial charge on any atom is 0.323 e. The zero-order valence-electron chi connectivity index (χ0n) is 12.2. The first-order valence-electron chi connectivity index (χ1n) is 6.84. The zero-order valence-corrected chi connectivity index (χ0v) is 13.0. The van der Waals surface area contributed by atoms with Crippen molar-refractivity contribution in [2.24, 2.45) is 5.84 Å². The van der Waals surface area contributed by atoms with Crippen LogP contribution in [0.5, 0.6) is 6.01 Å². The number of hydrogen-bond donors (Lipinski definition) is 3. The molecule has 0 bridgehead atoms. The van der Waals surface area contributed by atoms with Gasteiger partial charge >= 0.3 is 6.01 Å². The minimum absolute atomic E-state index is 0.187. The quantitative estimate of drug-likeness (QED) is 0.507. The summed E-state index contributed by atoms with van der Waals surface area (Å²) in [5.41, 5.74) is 3.71. The van der Waals surface area contributed by atoms with Crippen molar-refractivity contribution in [1.29, 1.82) is 0 Å². The average Bonchev–Trinajstić information content (AvgIpc) is 2.97. The molecule has 0 amide bonds. The fourth-order valence-corrected chi connectivity index (χ4v) is 2.46. The number of anilines is 2. The second kappa shape index (κ2) is 7.75. The van der Waals surface area contributed by atoms with Crippen LogP contribution in [0.3, 0.4) is 0 Å². The number of nitrogens with zero attached hydrogens (tertiary/aromatic N) is 3. The molecule has 1 unspecified atom stereocenters. The van der Waals surface area contributed by atoms with E-state index >= 15 is 0 Å². The Kier molecular flexibility index (Phi) is 5.70. The van der Waals surface area contributed by atoms with Crippen molar-refractivity contribution in [2.45, 2.75) is 32.7 Å². The second-order valence-electron chi connectivity index (χ2n) is 4.64. The van der Waals surface area contributed by atoms with Crippen LogP contribution in [0.4, 0.5) is 11.9 Å². The molecule has 1 atom stereocenters. The first-order valence-corrected chi connectivity index (χ1v) is 7.78. The first-order chi connectivity index (χ1) is 10.2. The molecule has 2 aromatic rings. The molecule has 0 aromatic carbocycles. The van der Waals surface area contributed by atoms with Crippen molar-refractivity contribution in [3.63, 3.8) is 0 Å². The summed E-state index contributed by atoms with van der Waals surface area (Å²) in [5, 5.41) is 7.44. The van der Waals surface area contributed by atoms with Gasteiger partial charge in [-0.2, -0.15) is 26.3 Å². The Morgan fingerprint density at radius 3 is 2.81 bits per heavy atom. The molecule has 0 aliphatic carbocycles. The number of rotatable bonds is 8. The van der Waals surface area contributed by atoms with Crippen molar-refractivity contribution in [1.82, 2.24) is 15.0 Å². The van der Waals surface area contributed by atoms with Crippen LogP contribution in [0.15, 0.2) is 16.8 Å². The summed E-state index contributed by atoms with van der Waals surface area (Å²) in [6.45, 7) is 4.65. The van der Waals surface area contributed by atoms with E-state index in [9.17, 15) is 0 Å². The molecule has 2 rings (SSSR count). The number of nitrogen functional groups attached to an aromatic ring is 1. The number of ether oxygens (including phenoxy) is 1. The maximum absolute atomic E-state index is 5.43. The van der Waals surface area contributed by atoms with Gasteiger partial charge in [0.2, 0.25) is 11.9 Å². The summed E-state index contributed by atoms with van der Waals surface area (Å²) in [6.07, 6.45) is 1.78. The molecule has 0 radical (unpaired) electrons. The highest BCUT2D eigenvalue weighted by molar-refractivity contribution is 7.07. The predicted molar refractivity (Wildman–Crippen MR) is 84.5 cm³/mol. The van der Waals surface area contributed by atoms with Gasteiger partial charge in [0.15, 0.2) is 0 Å². The van der Waals surface area contributed by atoms with Gasteiger partial charge < -0.3 is 10.1 Å². The van der Waals surface area contributed by atoms with E-state index in [4.69, 9.17) is 10.6 Å². The molecule has 8 heteroatoms. The van der Waals surface area contributed by atoms with Gasteiger partial charge in [-0.25, -0.2) is 5.84 Å². The van der Waals surface area contributed by atoms with Crippen LogP contribution in [-0.2, 0) is 6.42 Å². The average molecular weight is 308 g/mol. The molecular formula is C13H20N6OS. The lowest BCUT2D eigenvalue weighted by atomic mass is 10.1. The minimum Gasteiger partial charge on any atom is -0.463 e. The van der Waals surface area contributed by atoms with Crippen molar-refractivity contribution in [3.05, 3.63) is 22.4 Å². The van der Waals surface area contributed by atoms with Crippen LogP contribution in [-0.4, -0.2) is 27.6 Å². The third kappa shape index (κ3) is 4.83. The van der Waals surface area contributed by atoms with Gasteiger partial charge in [-0.1, -0.05) is 6.92 Å². The Labute approximate surface area is 128 Å². The highest BCUT2D eigenvalue weighted by atomic mass is 32.1. The summed E-state index contributed by atoms with van der Waals surface area (Å²) in [7, 11) is 0. The highest BCUT2D eigenvalue weighted by Crippen LogP contribution is 2.14. The van der Waals surface area contributed by atoms with Crippen molar-refractivity contribution in [3.8, 4) is 6.01 Å². The van der Waals surface area contributed by atoms with Gasteiger partial charge in [-0.3, -0.25) is 5.43 Å². The SMILES string of the molecule is CCCOc1nc(NN)nc(NC(C)Cc2ccsc2)n1. The lowest BCUT2D eigenvalue weighted by molar-refractivity contribution is 0.292. The van der Waals surface area contributed by atoms with E-state index in [2.05, 4.69) is 49.4 Å². The lowest BCUT2D eigenvalue weighted by Crippen LogP contribution is -2.21. The molecule has 0 aliphatic heterocycles. The monoisotopic (exact) mass is 308 g/mol. The number of hydrazine groups is 1. The second-order valence-corrected chi connectivity index (χ2v) is 5.42. The largest absolute Gasteiger partial charge is 0.463 e. The molecule has 0 spiro atoms. The number of thiophene rings is 1. The Hall–Kier alpha value is -1.93. The Morgan fingerprint density at radius 2 is 2.14 bits per heavy atom. The summed E-state index contributed by atoms with van der Waals surface area (Å²) in [4.78, 5) is 12.5. The number of hydrogen-bond acceptors (Lipinski definition) is 8. The van der Waals surface area contributed by atoms with Gasteiger partial charge in [0.05, 0.1) is 6.61 Å². The van der Waals surface area contributed by atoms with Crippen LogP contribution >= 0.6 is 11.3 Å². The van der Waals surface area contributed by atoms with Crippen LogP contribution in [0.2, 0.25) is 0 Å². The Balaban J connectivity index is 2.03. The third-order valence-electron chi connectivity index (χ3n) is 2.68. The van der Waals surface area contributed by atoms with Crippen LogP contribution in [0.1, 0.15) is 25.8 Å². The Morgan fingerprint density at radius 1 is 1.33 bits per heavy atom. The molecule has 0 fully saturated rings. The third-order valence-corrected chi connectivity index (χ3v) is 3.41. The van der Waals surface area contributed by atoms with E-state index in [1.54, 1.807) is 11.3 Å². The summed E-state index contributed by atoms with van der Waals surface area (Å²) < 4.78 is 5.43. The Bertz CT molecular complexity index is 548. The summed E-state index contributed by atoms with van der Waals surface area (Å²) >= 11 is 1.69. The van der Waals surface area contributed by atoms with E-state index in [0.29, 0.717) is 12.6 Å². The minimum atomic E-state index is 0.187. The molecule has 2 heterocycles. The molecule has 7 nitrogen and oxygen atoms in total. The van der Waals surface area contributed by atoms with Gasteiger partial charge in [-0.05, 0) is 42.2 Å².